The number of halogens is 2. The van der Waals surface area contributed by atoms with Gasteiger partial charge in [0.1, 0.15) is 5.82 Å². The van der Waals surface area contributed by atoms with E-state index in [-0.39, 0.29) is 35.5 Å². The number of nitrogens with two attached hydrogens (primary N) is 1. The lowest BCUT2D eigenvalue weighted by Crippen LogP contribution is -2.29. The molecule has 7 heteroatoms. The lowest BCUT2D eigenvalue weighted by molar-refractivity contribution is -0.116. The van der Waals surface area contributed by atoms with Crippen LogP contribution in [0.3, 0.4) is 0 Å². The molecule has 5 nitrogen and oxygen atoms in total. The molecule has 1 rings (SSSR count). The molecule has 2 amide bonds. The third kappa shape index (κ3) is 6.55. The van der Waals surface area contributed by atoms with Gasteiger partial charge in [0.2, 0.25) is 5.91 Å². The molecular formula is C14H21ClFN3O2. The Labute approximate surface area is 129 Å². The van der Waals surface area contributed by atoms with Crippen LogP contribution in [0.5, 0.6) is 0 Å². The van der Waals surface area contributed by atoms with E-state index in [1.54, 1.807) is 0 Å². The molecule has 0 atom stereocenters. The molecule has 0 bridgehead atoms. The molecule has 0 aliphatic heterocycles. The van der Waals surface area contributed by atoms with Crippen LogP contribution < -0.4 is 16.4 Å². The topological polar surface area (TPSA) is 84.2 Å². The number of hydrogen-bond donors (Lipinski definition) is 3. The number of carbonyl (C=O) groups excluding carboxylic acids is 2. The summed E-state index contributed by atoms with van der Waals surface area (Å²) in [7, 11) is 0. The Kier molecular flexibility index (Phi) is 8.57. The van der Waals surface area contributed by atoms with Gasteiger partial charge < -0.3 is 16.4 Å². The zero-order valence-corrected chi connectivity index (χ0v) is 12.9. The van der Waals surface area contributed by atoms with E-state index in [1.165, 1.54) is 12.1 Å². The summed E-state index contributed by atoms with van der Waals surface area (Å²) in [5, 5.41) is 5.03. The summed E-state index contributed by atoms with van der Waals surface area (Å²) in [4.78, 5) is 23.2. The summed E-state index contributed by atoms with van der Waals surface area (Å²) in [6.07, 6.45) is 0.318. The summed E-state index contributed by atoms with van der Waals surface area (Å²) < 4.78 is 13.8. The van der Waals surface area contributed by atoms with E-state index in [0.717, 1.165) is 6.07 Å². The fraction of sp³-hybridized carbons (Fsp3) is 0.429. The first kappa shape index (κ1) is 19.3. The minimum atomic E-state index is -0.637. The second-order valence-electron chi connectivity index (χ2n) is 4.89. The van der Waals surface area contributed by atoms with Gasteiger partial charge in [-0.2, -0.15) is 0 Å². The van der Waals surface area contributed by atoms with Crippen molar-refractivity contribution in [3.8, 4) is 0 Å². The number of anilines is 1. The average molecular weight is 318 g/mol. The van der Waals surface area contributed by atoms with Crippen LogP contribution in [0.2, 0.25) is 0 Å². The minimum Gasteiger partial charge on any atom is -0.351 e. The molecule has 0 aliphatic carbocycles. The largest absolute Gasteiger partial charge is 0.351 e. The van der Waals surface area contributed by atoms with Gasteiger partial charge in [0, 0.05) is 25.1 Å². The van der Waals surface area contributed by atoms with Crippen molar-refractivity contribution in [2.75, 3.05) is 18.4 Å². The maximum Gasteiger partial charge on any atom is 0.251 e. The Balaban J connectivity index is 0.00000400. The summed E-state index contributed by atoms with van der Waals surface area (Å²) in [6, 6.07) is 3.93. The molecule has 0 aliphatic rings. The monoisotopic (exact) mass is 317 g/mol. The van der Waals surface area contributed by atoms with Crippen LogP contribution in [0.25, 0.3) is 0 Å². The van der Waals surface area contributed by atoms with E-state index < -0.39 is 11.7 Å². The lowest BCUT2D eigenvalue weighted by atomic mass is 10.1. The first-order valence-electron chi connectivity index (χ1n) is 6.51. The summed E-state index contributed by atoms with van der Waals surface area (Å²) in [5.41, 5.74) is 5.53. The smallest absolute Gasteiger partial charge is 0.251 e. The van der Waals surface area contributed by atoms with Crippen LogP contribution >= 0.6 is 12.4 Å². The minimum absolute atomic E-state index is 0. The van der Waals surface area contributed by atoms with Gasteiger partial charge in [0.25, 0.3) is 5.91 Å². The van der Waals surface area contributed by atoms with Crippen LogP contribution in [0.15, 0.2) is 18.2 Å². The number of amides is 2. The van der Waals surface area contributed by atoms with Gasteiger partial charge in [-0.1, -0.05) is 13.8 Å². The van der Waals surface area contributed by atoms with Crippen LogP contribution in [0.4, 0.5) is 10.1 Å². The quantitative estimate of drug-likeness (QED) is 0.749. The molecule has 0 unspecified atom stereocenters. The molecule has 4 N–H and O–H groups in total. The van der Waals surface area contributed by atoms with Crippen LogP contribution in [0, 0.1) is 11.7 Å². The molecule has 21 heavy (non-hydrogen) atoms. The first-order chi connectivity index (χ1) is 9.43. The lowest BCUT2D eigenvalue weighted by Gasteiger charge is -2.09. The molecule has 0 spiro atoms. The molecule has 1 aromatic rings. The molecule has 0 saturated heterocycles. The summed E-state index contributed by atoms with van der Waals surface area (Å²) >= 11 is 0. The number of rotatable bonds is 6. The maximum atomic E-state index is 13.8. The van der Waals surface area contributed by atoms with Crippen LogP contribution in [-0.2, 0) is 4.79 Å². The zero-order chi connectivity index (χ0) is 15.1. The Bertz CT molecular complexity index is 495. The summed E-state index contributed by atoms with van der Waals surface area (Å²) in [6.45, 7) is 4.45. The predicted octanol–water partition coefficient (Wildman–Crippen LogP) is 1.92. The first-order valence-corrected chi connectivity index (χ1v) is 6.51. The second kappa shape index (κ2) is 9.31. The van der Waals surface area contributed by atoms with E-state index in [1.807, 2.05) is 13.8 Å². The third-order valence-electron chi connectivity index (χ3n) is 2.53. The standard InChI is InChI=1S/C14H20FN3O2.ClH/c1-9(2)7-13(19)18-12-4-3-10(8-11(12)15)14(20)17-6-5-16;/h3-4,8-9H,5-7,16H2,1-2H3,(H,17,20)(H,18,19);1H. The van der Waals surface area contributed by atoms with Gasteiger partial charge in [0.15, 0.2) is 0 Å². The van der Waals surface area contributed by atoms with E-state index >= 15 is 0 Å². The van der Waals surface area contributed by atoms with E-state index in [4.69, 9.17) is 5.73 Å². The maximum absolute atomic E-state index is 13.8. The second-order valence-corrected chi connectivity index (χ2v) is 4.89. The van der Waals surface area contributed by atoms with Crippen molar-refractivity contribution in [3.63, 3.8) is 0 Å². The van der Waals surface area contributed by atoms with Crippen molar-refractivity contribution in [3.05, 3.63) is 29.6 Å². The Morgan fingerprint density at radius 2 is 2.00 bits per heavy atom. The van der Waals surface area contributed by atoms with Crippen LogP contribution in [-0.4, -0.2) is 24.9 Å². The van der Waals surface area contributed by atoms with Crippen molar-refractivity contribution in [2.45, 2.75) is 20.3 Å². The fourth-order valence-corrected chi connectivity index (χ4v) is 1.62. The highest BCUT2D eigenvalue weighted by molar-refractivity contribution is 5.96. The number of nitrogens with one attached hydrogen (secondary N) is 2. The molecule has 0 saturated carbocycles. The van der Waals surface area contributed by atoms with Crippen molar-refractivity contribution < 1.29 is 14.0 Å². The highest BCUT2D eigenvalue weighted by Crippen LogP contribution is 2.16. The predicted molar refractivity (Wildman–Crippen MR) is 83.1 cm³/mol. The zero-order valence-electron chi connectivity index (χ0n) is 12.1. The van der Waals surface area contributed by atoms with E-state index in [0.29, 0.717) is 19.5 Å². The number of benzene rings is 1. The van der Waals surface area contributed by atoms with E-state index in [9.17, 15) is 14.0 Å². The van der Waals surface area contributed by atoms with E-state index in [2.05, 4.69) is 10.6 Å². The van der Waals surface area contributed by atoms with Gasteiger partial charge in [0.05, 0.1) is 5.69 Å². The molecular weight excluding hydrogens is 297 g/mol. The average Bonchev–Trinajstić information content (AvgIpc) is 2.37. The number of carbonyl (C=O) groups is 2. The molecule has 0 fully saturated rings. The van der Waals surface area contributed by atoms with Crippen LogP contribution in [0.1, 0.15) is 30.6 Å². The fourth-order valence-electron chi connectivity index (χ4n) is 1.62. The Hall–Kier alpha value is -1.66. The van der Waals surface area contributed by atoms with Gasteiger partial charge >= 0.3 is 0 Å². The van der Waals surface area contributed by atoms with Crippen molar-refractivity contribution in [1.82, 2.24) is 5.32 Å². The SMILES string of the molecule is CC(C)CC(=O)Nc1ccc(C(=O)NCCN)cc1F.Cl. The van der Waals surface area contributed by atoms with Gasteiger partial charge in [-0.15, -0.1) is 12.4 Å². The van der Waals surface area contributed by atoms with Gasteiger partial charge in [-0.25, -0.2) is 4.39 Å². The molecule has 0 radical (unpaired) electrons. The van der Waals surface area contributed by atoms with Crippen molar-refractivity contribution >= 4 is 29.9 Å². The molecule has 118 valence electrons. The molecule has 1 aromatic carbocycles. The highest BCUT2D eigenvalue weighted by Gasteiger charge is 2.12. The molecule has 0 heterocycles. The number of hydrogen-bond acceptors (Lipinski definition) is 3. The van der Waals surface area contributed by atoms with Crippen molar-refractivity contribution in [2.24, 2.45) is 11.7 Å². The van der Waals surface area contributed by atoms with Gasteiger partial charge in [-0.3, -0.25) is 9.59 Å². The molecule has 0 aromatic heterocycles. The Morgan fingerprint density at radius 3 is 2.52 bits per heavy atom. The Morgan fingerprint density at radius 1 is 1.33 bits per heavy atom. The van der Waals surface area contributed by atoms with Gasteiger partial charge in [-0.05, 0) is 24.1 Å². The normalized spacial score (nSPS) is 9.95. The highest BCUT2D eigenvalue weighted by atomic mass is 35.5. The summed E-state index contributed by atoms with van der Waals surface area (Å²) in [5.74, 6) is -1.09. The van der Waals surface area contributed by atoms with Crippen molar-refractivity contribution in [1.29, 1.82) is 0 Å². The third-order valence-corrected chi connectivity index (χ3v) is 2.53.